The Morgan fingerprint density at radius 1 is 0.722 bits per heavy atom. The van der Waals surface area contributed by atoms with E-state index in [0.29, 0.717) is 17.9 Å². The minimum absolute atomic E-state index is 0.0834. The second-order valence-electron chi connectivity index (χ2n) is 8.62. The molecule has 1 heterocycles. The molecule has 1 aliphatic rings. The van der Waals surface area contributed by atoms with E-state index in [4.69, 9.17) is 4.74 Å². The Balaban J connectivity index is 1.50. The van der Waals surface area contributed by atoms with E-state index in [1.54, 1.807) is 24.3 Å². The number of carbonyl (C=O) groups excluding carboxylic acids is 2. The van der Waals surface area contributed by atoms with Crippen LogP contribution in [0.3, 0.4) is 0 Å². The Bertz CT molecular complexity index is 1380. The molecule has 5 rings (SSSR count). The van der Waals surface area contributed by atoms with Gasteiger partial charge in [0.25, 0.3) is 11.7 Å². The standard InChI is InChI=1S/C31H25NO4/c33-29(25-14-8-3-9-15-25)27-28(32(31(35)30(27)34)20-22-10-4-1-5-11-22)24-16-18-26(19-17-24)36-21-23-12-6-2-7-13-23/h1-19,28,33H,20-21H2. The molecule has 1 aliphatic heterocycles. The molecule has 5 heteroatoms. The summed E-state index contributed by atoms with van der Waals surface area (Å²) in [4.78, 5) is 27.9. The SMILES string of the molecule is O=C1C(=O)N(Cc2ccccc2)C(c2ccc(OCc3ccccc3)cc2)C1=C(O)c1ccccc1. The van der Waals surface area contributed by atoms with Gasteiger partial charge >= 0.3 is 0 Å². The molecule has 4 aromatic carbocycles. The number of nitrogens with zero attached hydrogens (tertiary/aromatic N) is 1. The summed E-state index contributed by atoms with van der Waals surface area (Å²) >= 11 is 0. The molecule has 0 saturated carbocycles. The van der Waals surface area contributed by atoms with Crippen LogP contribution in [0, 0.1) is 0 Å². The van der Waals surface area contributed by atoms with Gasteiger partial charge in [0.15, 0.2) is 0 Å². The molecule has 0 radical (unpaired) electrons. The number of carbonyl (C=O) groups is 2. The average Bonchev–Trinajstić information content (AvgIpc) is 3.18. The van der Waals surface area contributed by atoms with Gasteiger partial charge in [-0.3, -0.25) is 9.59 Å². The largest absolute Gasteiger partial charge is 0.507 e. The summed E-state index contributed by atoms with van der Waals surface area (Å²) < 4.78 is 5.91. The van der Waals surface area contributed by atoms with Gasteiger partial charge in [-0.25, -0.2) is 0 Å². The topological polar surface area (TPSA) is 66.8 Å². The maximum Gasteiger partial charge on any atom is 0.295 e. The van der Waals surface area contributed by atoms with Gasteiger partial charge in [0.1, 0.15) is 18.1 Å². The lowest BCUT2D eigenvalue weighted by atomic mass is 9.95. The van der Waals surface area contributed by atoms with Gasteiger partial charge < -0.3 is 14.7 Å². The fourth-order valence-electron chi connectivity index (χ4n) is 4.41. The minimum Gasteiger partial charge on any atom is -0.507 e. The normalized spacial score (nSPS) is 16.8. The Labute approximate surface area is 209 Å². The molecule has 0 bridgehead atoms. The first-order valence-electron chi connectivity index (χ1n) is 11.8. The molecule has 1 saturated heterocycles. The minimum atomic E-state index is -0.728. The van der Waals surface area contributed by atoms with E-state index in [1.807, 2.05) is 91.0 Å². The molecule has 178 valence electrons. The Hall–Kier alpha value is -4.64. The van der Waals surface area contributed by atoms with Crippen LogP contribution in [0.5, 0.6) is 5.75 Å². The molecule has 1 atom stereocenters. The zero-order valence-corrected chi connectivity index (χ0v) is 19.6. The number of ketones is 1. The molecule has 1 amide bonds. The van der Waals surface area contributed by atoms with E-state index < -0.39 is 17.7 Å². The molecule has 4 aromatic rings. The van der Waals surface area contributed by atoms with Crippen LogP contribution in [0.15, 0.2) is 121 Å². The quantitative estimate of drug-likeness (QED) is 0.206. The summed E-state index contributed by atoms with van der Waals surface area (Å²) in [5.41, 5.74) is 3.24. The Kier molecular flexibility index (Phi) is 6.63. The number of amides is 1. The summed E-state index contributed by atoms with van der Waals surface area (Å²) in [6.07, 6.45) is 0. The molecule has 0 spiro atoms. The van der Waals surface area contributed by atoms with E-state index >= 15 is 0 Å². The third-order valence-corrected chi connectivity index (χ3v) is 6.23. The molecule has 36 heavy (non-hydrogen) atoms. The average molecular weight is 476 g/mol. The number of hydrogen-bond donors (Lipinski definition) is 1. The van der Waals surface area contributed by atoms with Crippen molar-refractivity contribution >= 4 is 17.4 Å². The number of likely N-dealkylation sites (tertiary alicyclic amines) is 1. The second kappa shape index (κ2) is 10.3. The predicted octanol–water partition coefficient (Wildman–Crippen LogP) is 5.89. The van der Waals surface area contributed by atoms with Crippen LogP contribution in [0.25, 0.3) is 5.76 Å². The first-order valence-corrected chi connectivity index (χ1v) is 11.8. The molecule has 1 N–H and O–H groups in total. The zero-order valence-electron chi connectivity index (χ0n) is 19.6. The molecule has 5 nitrogen and oxygen atoms in total. The van der Waals surface area contributed by atoms with Gasteiger partial charge in [-0.05, 0) is 28.8 Å². The van der Waals surface area contributed by atoms with Crippen molar-refractivity contribution in [2.45, 2.75) is 19.2 Å². The highest BCUT2D eigenvalue weighted by Crippen LogP contribution is 2.40. The summed E-state index contributed by atoms with van der Waals surface area (Å²) in [5.74, 6) is -0.836. The molecule has 1 fully saturated rings. The van der Waals surface area contributed by atoms with Crippen molar-refractivity contribution < 1.29 is 19.4 Å². The van der Waals surface area contributed by atoms with Crippen molar-refractivity contribution in [1.29, 1.82) is 0 Å². The van der Waals surface area contributed by atoms with Crippen molar-refractivity contribution in [3.05, 3.63) is 143 Å². The number of benzene rings is 4. The number of hydrogen-bond acceptors (Lipinski definition) is 4. The summed E-state index contributed by atoms with van der Waals surface area (Å²) in [7, 11) is 0. The maximum atomic E-state index is 13.2. The van der Waals surface area contributed by atoms with Crippen LogP contribution in [0.4, 0.5) is 0 Å². The van der Waals surface area contributed by atoms with E-state index in [0.717, 1.165) is 16.7 Å². The molecule has 0 aromatic heterocycles. The van der Waals surface area contributed by atoms with Crippen molar-refractivity contribution in [3.8, 4) is 5.75 Å². The van der Waals surface area contributed by atoms with Crippen molar-refractivity contribution in [2.24, 2.45) is 0 Å². The summed E-state index contributed by atoms with van der Waals surface area (Å²) in [5, 5.41) is 11.1. The molecule has 1 unspecified atom stereocenters. The van der Waals surface area contributed by atoms with Crippen LogP contribution < -0.4 is 4.74 Å². The van der Waals surface area contributed by atoms with Gasteiger partial charge in [0.05, 0.1) is 11.6 Å². The molecular formula is C31H25NO4. The lowest BCUT2D eigenvalue weighted by Crippen LogP contribution is -2.29. The lowest BCUT2D eigenvalue weighted by molar-refractivity contribution is -0.140. The fourth-order valence-corrected chi connectivity index (χ4v) is 4.41. The Morgan fingerprint density at radius 3 is 1.89 bits per heavy atom. The van der Waals surface area contributed by atoms with E-state index in [-0.39, 0.29) is 17.9 Å². The van der Waals surface area contributed by atoms with E-state index in [2.05, 4.69) is 0 Å². The number of aliphatic hydroxyl groups excluding tert-OH is 1. The van der Waals surface area contributed by atoms with Gasteiger partial charge in [-0.2, -0.15) is 0 Å². The smallest absolute Gasteiger partial charge is 0.295 e. The second-order valence-corrected chi connectivity index (χ2v) is 8.62. The summed E-state index contributed by atoms with van der Waals surface area (Å²) in [6.45, 7) is 0.675. The predicted molar refractivity (Wildman–Crippen MR) is 138 cm³/mol. The monoisotopic (exact) mass is 475 g/mol. The van der Waals surface area contributed by atoms with Crippen LogP contribution in [0.1, 0.15) is 28.3 Å². The van der Waals surface area contributed by atoms with E-state index in [9.17, 15) is 14.7 Å². The molecule has 0 aliphatic carbocycles. The maximum absolute atomic E-state index is 13.2. The first kappa shape index (κ1) is 23.1. The van der Waals surface area contributed by atoms with Crippen LogP contribution >= 0.6 is 0 Å². The number of ether oxygens (including phenoxy) is 1. The molecular weight excluding hydrogens is 450 g/mol. The van der Waals surface area contributed by atoms with Crippen LogP contribution in [-0.2, 0) is 22.7 Å². The van der Waals surface area contributed by atoms with Crippen molar-refractivity contribution in [1.82, 2.24) is 4.90 Å². The van der Waals surface area contributed by atoms with Gasteiger partial charge in [-0.1, -0.05) is 103 Å². The number of rotatable bonds is 7. The van der Waals surface area contributed by atoms with Gasteiger partial charge in [-0.15, -0.1) is 0 Å². The first-order chi connectivity index (χ1) is 17.6. The van der Waals surface area contributed by atoms with Crippen LogP contribution in [0.2, 0.25) is 0 Å². The van der Waals surface area contributed by atoms with Crippen molar-refractivity contribution in [2.75, 3.05) is 0 Å². The van der Waals surface area contributed by atoms with E-state index in [1.165, 1.54) is 4.90 Å². The fraction of sp³-hybridized carbons (Fsp3) is 0.0968. The van der Waals surface area contributed by atoms with Crippen LogP contribution in [-0.4, -0.2) is 21.7 Å². The van der Waals surface area contributed by atoms with Crippen molar-refractivity contribution in [3.63, 3.8) is 0 Å². The third-order valence-electron chi connectivity index (χ3n) is 6.23. The van der Waals surface area contributed by atoms with Gasteiger partial charge in [0, 0.05) is 12.1 Å². The Morgan fingerprint density at radius 2 is 1.28 bits per heavy atom. The summed E-state index contributed by atoms with van der Waals surface area (Å²) in [6, 6.07) is 34.8. The highest BCUT2D eigenvalue weighted by Gasteiger charge is 2.46. The van der Waals surface area contributed by atoms with Gasteiger partial charge in [0.2, 0.25) is 0 Å². The zero-order chi connectivity index (χ0) is 24.9. The highest BCUT2D eigenvalue weighted by atomic mass is 16.5. The number of Topliss-reactive ketones (excluding diaryl/α,β-unsaturated/α-hetero) is 1. The third kappa shape index (κ3) is 4.77. The highest BCUT2D eigenvalue weighted by molar-refractivity contribution is 6.46. The lowest BCUT2D eigenvalue weighted by Gasteiger charge is -2.25. The number of aliphatic hydroxyl groups is 1.